The van der Waals surface area contributed by atoms with E-state index in [1.54, 1.807) is 0 Å². The molecule has 4 rings (SSSR count). The monoisotopic (exact) mass is 400 g/mol. The molecule has 0 bridgehead atoms. The molecular formula is C19H17BrN2OS. The molecule has 1 amide bonds. The molecule has 1 saturated heterocycles. The molecule has 2 aliphatic rings. The number of thiocarbonyl (C=S) groups is 1. The van der Waals surface area contributed by atoms with Crippen LogP contribution in [0.1, 0.15) is 30.0 Å². The molecule has 3 nitrogen and oxygen atoms in total. The van der Waals surface area contributed by atoms with Gasteiger partial charge >= 0.3 is 0 Å². The van der Waals surface area contributed by atoms with Crippen LogP contribution in [0.4, 0.5) is 0 Å². The van der Waals surface area contributed by atoms with Gasteiger partial charge in [-0.25, -0.2) is 0 Å². The first-order valence-electron chi connectivity index (χ1n) is 7.91. The van der Waals surface area contributed by atoms with E-state index in [1.165, 1.54) is 11.1 Å². The van der Waals surface area contributed by atoms with Crippen molar-refractivity contribution in [2.75, 3.05) is 0 Å². The van der Waals surface area contributed by atoms with Crippen molar-refractivity contribution >= 4 is 39.2 Å². The minimum absolute atomic E-state index is 0.0614. The number of rotatable bonds is 1. The number of hydrogen-bond acceptors (Lipinski definition) is 2. The van der Waals surface area contributed by atoms with Crippen molar-refractivity contribution in [3.63, 3.8) is 0 Å². The SMILES string of the molecule is CC1(c2ccccc2)Cc2ccc(Br)cc2C2(C1)NC(=S)NC2=O. The van der Waals surface area contributed by atoms with Crippen LogP contribution < -0.4 is 10.6 Å². The smallest absolute Gasteiger partial charge is 0.256 e. The first-order chi connectivity index (χ1) is 11.4. The Morgan fingerprint density at radius 3 is 2.58 bits per heavy atom. The molecule has 2 aromatic rings. The van der Waals surface area contributed by atoms with Crippen molar-refractivity contribution in [1.82, 2.24) is 10.6 Å². The predicted octanol–water partition coefficient (Wildman–Crippen LogP) is 3.55. The van der Waals surface area contributed by atoms with Gasteiger partial charge in [0.1, 0.15) is 5.54 Å². The Morgan fingerprint density at radius 2 is 1.92 bits per heavy atom. The lowest BCUT2D eigenvalue weighted by atomic mass is 9.61. The van der Waals surface area contributed by atoms with E-state index < -0.39 is 5.54 Å². The zero-order valence-electron chi connectivity index (χ0n) is 13.2. The summed E-state index contributed by atoms with van der Waals surface area (Å²) in [5.41, 5.74) is 2.49. The summed E-state index contributed by atoms with van der Waals surface area (Å²) in [7, 11) is 0. The maximum absolute atomic E-state index is 12.9. The summed E-state index contributed by atoms with van der Waals surface area (Å²) in [5, 5.41) is 6.48. The molecule has 0 radical (unpaired) electrons. The second-order valence-corrected chi connectivity index (χ2v) is 8.22. The number of nitrogens with one attached hydrogen (secondary N) is 2. The summed E-state index contributed by atoms with van der Waals surface area (Å²) in [4.78, 5) is 12.9. The molecule has 1 spiro atoms. The average molecular weight is 401 g/mol. The van der Waals surface area contributed by atoms with Gasteiger partial charge in [-0.1, -0.05) is 59.3 Å². The van der Waals surface area contributed by atoms with Gasteiger partial charge in [-0.05, 0) is 59.3 Å². The first kappa shape index (κ1) is 15.8. The van der Waals surface area contributed by atoms with Gasteiger partial charge in [0.05, 0.1) is 0 Å². The van der Waals surface area contributed by atoms with Crippen molar-refractivity contribution in [1.29, 1.82) is 0 Å². The molecule has 2 N–H and O–H groups in total. The van der Waals surface area contributed by atoms with E-state index in [2.05, 4.69) is 63.8 Å². The number of hydrogen-bond donors (Lipinski definition) is 2. The molecule has 24 heavy (non-hydrogen) atoms. The van der Waals surface area contributed by atoms with Gasteiger partial charge in [0.25, 0.3) is 5.91 Å². The largest absolute Gasteiger partial charge is 0.344 e. The molecule has 5 heteroatoms. The topological polar surface area (TPSA) is 41.1 Å². The van der Waals surface area contributed by atoms with Gasteiger partial charge in [-0.15, -0.1) is 0 Å². The fraction of sp³-hybridized carbons (Fsp3) is 0.263. The van der Waals surface area contributed by atoms with E-state index in [-0.39, 0.29) is 11.3 Å². The van der Waals surface area contributed by atoms with Gasteiger partial charge in [0, 0.05) is 4.47 Å². The van der Waals surface area contributed by atoms with E-state index in [0.29, 0.717) is 11.5 Å². The zero-order valence-corrected chi connectivity index (χ0v) is 15.6. The van der Waals surface area contributed by atoms with Crippen LogP contribution in [0.15, 0.2) is 53.0 Å². The van der Waals surface area contributed by atoms with E-state index in [9.17, 15) is 4.79 Å². The molecule has 2 aromatic carbocycles. The highest BCUT2D eigenvalue weighted by Gasteiger charge is 2.54. The average Bonchev–Trinajstić information content (AvgIpc) is 2.83. The Balaban J connectivity index is 1.92. The minimum Gasteiger partial charge on any atom is -0.344 e. The summed E-state index contributed by atoms with van der Waals surface area (Å²) in [5.74, 6) is -0.0614. The first-order valence-corrected chi connectivity index (χ1v) is 9.11. The van der Waals surface area contributed by atoms with E-state index in [0.717, 1.165) is 16.5 Å². The van der Waals surface area contributed by atoms with Crippen LogP contribution in [0.2, 0.25) is 0 Å². The maximum Gasteiger partial charge on any atom is 0.256 e. The van der Waals surface area contributed by atoms with Gasteiger partial charge in [0.2, 0.25) is 0 Å². The summed E-state index contributed by atoms with van der Waals surface area (Å²) in [6, 6.07) is 16.6. The molecular weight excluding hydrogens is 384 g/mol. The molecule has 0 saturated carbocycles. The molecule has 1 fully saturated rings. The van der Waals surface area contributed by atoms with Crippen LogP contribution in [-0.2, 0) is 22.2 Å². The second kappa shape index (κ2) is 5.39. The third-order valence-electron chi connectivity index (χ3n) is 5.18. The maximum atomic E-state index is 12.9. The number of halogens is 1. The van der Waals surface area contributed by atoms with Crippen molar-refractivity contribution in [2.45, 2.75) is 30.7 Å². The molecule has 0 aromatic heterocycles. The molecule has 2 atom stereocenters. The highest BCUT2D eigenvalue weighted by atomic mass is 79.9. The Morgan fingerprint density at radius 1 is 1.17 bits per heavy atom. The predicted molar refractivity (Wildman–Crippen MR) is 102 cm³/mol. The molecule has 1 aliphatic carbocycles. The van der Waals surface area contributed by atoms with Crippen molar-refractivity contribution < 1.29 is 4.79 Å². The summed E-state index contributed by atoms with van der Waals surface area (Å²) in [6.45, 7) is 2.23. The number of fused-ring (bicyclic) bond motifs is 2. The third-order valence-corrected chi connectivity index (χ3v) is 5.88. The van der Waals surface area contributed by atoms with Gasteiger partial charge in [0.15, 0.2) is 5.11 Å². The Kier molecular flexibility index (Phi) is 3.55. The fourth-order valence-corrected chi connectivity index (χ4v) is 4.74. The Bertz CT molecular complexity index is 854. The van der Waals surface area contributed by atoms with Gasteiger partial charge < -0.3 is 10.6 Å². The molecule has 1 aliphatic heterocycles. The molecule has 2 unspecified atom stereocenters. The summed E-state index contributed by atoms with van der Waals surface area (Å²) < 4.78 is 0.969. The van der Waals surface area contributed by atoms with E-state index >= 15 is 0 Å². The van der Waals surface area contributed by atoms with Crippen LogP contribution in [0, 0.1) is 0 Å². The lowest BCUT2D eigenvalue weighted by Crippen LogP contribution is -2.52. The number of benzene rings is 2. The molecule has 1 heterocycles. The summed E-state index contributed by atoms with van der Waals surface area (Å²) in [6.07, 6.45) is 1.56. The van der Waals surface area contributed by atoms with Crippen molar-refractivity contribution in [3.05, 3.63) is 69.7 Å². The van der Waals surface area contributed by atoms with Crippen molar-refractivity contribution in [3.8, 4) is 0 Å². The lowest BCUT2D eigenvalue weighted by Gasteiger charge is -2.44. The summed E-state index contributed by atoms with van der Waals surface area (Å²) >= 11 is 8.79. The number of amides is 1. The normalized spacial score (nSPS) is 28.4. The van der Waals surface area contributed by atoms with Crippen LogP contribution in [0.5, 0.6) is 0 Å². The Labute approximate surface area is 155 Å². The van der Waals surface area contributed by atoms with E-state index in [4.69, 9.17) is 12.2 Å². The Hall–Kier alpha value is -1.72. The fourth-order valence-electron chi connectivity index (χ4n) is 4.11. The van der Waals surface area contributed by atoms with E-state index in [1.807, 2.05) is 18.2 Å². The standard InChI is InChI=1S/C19H17BrN2OS/c1-18(13-5-3-2-4-6-13)10-12-7-8-14(20)9-15(12)19(11-18)16(23)21-17(24)22-19/h2-9H,10-11H2,1H3,(H2,21,22,23,24). The number of carbonyl (C=O) groups is 1. The van der Waals surface area contributed by atoms with Gasteiger partial charge in [-0.2, -0.15) is 0 Å². The van der Waals surface area contributed by atoms with Crippen LogP contribution >= 0.6 is 28.1 Å². The third kappa shape index (κ3) is 2.30. The zero-order chi connectivity index (χ0) is 16.9. The van der Waals surface area contributed by atoms with Crippen LogP contribution in [0.3, 0.4) is 0 Å². The quantitative estimate of drug-likeness (QED) is 0.719. The van der Waals surface area contributed by atoms with Crippen molar-refractivity contribution in [2.24, 2.45) is 0 Å². The lowest BCUT2D eigenvalue weighted by molar-refractivity contribution is -0.125. The highest BCUT2D eigenvalue weighted by Crippen LogP contribution is 2.48. The van der Waals surface area contributed by atoms with Crippen LogP contribution in [-0.4, -0.2) is 11.0 Å². The van der Waals surface area contributed by atoms with Crippen LogP contribution in [0.25, 0.3) is 0 Å². The number of carbonyl (C=O) groups excluding carboxylic acids is 1. The second-order valence-electron chi connectivity index (χ2n) is 6.90. The molecule has 122 valence electrons. The minimum atomic E-state index is -0.807. The highest BCUT2D eigenvalue weighted by molar-refractivity contribution is 9.10. The van der Waals surface area contributed by atoms with Gasteiger partial charge in [-0.3, -0.25) is 4.79 Å².